The quantitative estimate of drug-likeness (QED) is 0.822. The van der Waals surface area contributed by atoms with E-state index in [1.54, 1.807) is 12.1 Å². The Kier molecular flexibility index (Phi) is 7.16. The zero-order valence-corrected chi connectivity index (χ0v) is 11.4. The van der Waals surface area contributed by atoms with Crippen molar-refractivity contribution in [3.63, 3.8) is 0 Å². The molecule has 1 aromatic carbocycles. The monoisotopic (exact) mass is 261 g/mol. The van der Waals surface area contributed by atoms with Gasteiger partial charge in [-0.15, -0.1) is 12.4 Å². The number of hydrogen-bond donors (Lipinski definition) is 1. The van der Waals surface area contributed by atoms with Crippen molar-refractivity contribution in [3.8, 4) is 5.75 Å². The van der Waals surface area contributed by atoms with Gasteiger partial charge in [0.05, 0.1) is 0 Å². The lowest BCUT2D eigenvalue weighted by molar-refractivity contribution is 0.296. The number of ether oxygens (including phenoxy) is 1. The van der Waals surface area contributed by atoms with Crippen molar-refractivity contribution in [1.29, 1.82) is 0 Å². The second kappa shape index (κ2) is 7.51. The van der Waals surface area contributed by atoms with Gasteiger partial charge in [-0.05, 0) is 17.5 Å². The lowest BCUT2D eigenvalue weighted by atomic mass is 9.97. The molecule has 1 rings (SSSR count). The molecule has 0 aromatic heterocycles. The third-order valence-corrected chi connectivity index (χ3v) is 2.00. The third-order valence-electron chi connectivity index (χ3n) is 2.00. The minimum absolute atomic E-state index is 0. The number of hydrogen-bond acceptors (Lipinski definition) is 2. The molecule has 1 N–H and O–H groups in total. The van der Waals surface area contributed by atoms with E-state index in [0.29, 0.717) is 12.4 Å². The average molecular weight is 262 g/mol. The highest BCUT2D eigenvalue weighted by Gasteiger charge is 2.08. The molecule has 0 atom stereocenters. The summed E-state index contributed by atoms with van der Waals surface area (Å²) in [5.41, 5.74) is 0.277. The zero-order valence-electron chi connectivity index (χ0n) is 10.6. The van der Waals surface area contributed by atoms with Crippen LogP contribution in [0.4, 0.5) is 4.39 Å². The highest BCUT2D eigenvalue weighted by atomic mass is 35.5. The maximum absolute atomic E-state index is 12.8. The van der Waals surface area contributed by atoms with Crippen molar-refractivity contribution in [3.05, 3.63) is 30.1 Å². The molecule has 0 aliphatic carbocycles. The van der Waals surface area contributed by atoms with Crippen LogP contribution in [0.5, 0.6) is 5.75 Å². The van der Waals surface area contributed by atoms with Crippen molar-refractivity contribution in [2.75, 3.05) is 19.7 Å². The second-order valence-corrected chi connectivity index (χ2v) is 5.04. The first-order valence-corrected chi connectivity index (χ1v) is 5.56. The number of rotatable bonds is 5. The lowest BCUT2D eigenvalue weighted by Crippen LogP contribution is -2.30. The molecule has 0 unspecified atom stereocenters. The van der Waals surface area contributed by atoms with Crippen molar-refractivity contribution >= 4 is 12.4 Å². The van der Waals surface area contributed by atoms with Crippen LogP contribution >= 0.6 is 12.4 Å². The fourth-order valence-electron chi connectivity index (χ4n) is 1.26. The minimum Gasteiger partial charge on any atom is -0.492 e. The standard InChI is InChI=1S/C13H20FNO.ClH/c1-13(2,3)10-15-7-8-16-12-6-4-5-11(14)9-12;/h4-6,9,15H,7-8,10H2,1-3H3;1H. The molecule has 17 heavy (non-hydrogen) atoms. The third kappa shape index (κ3) is 8.00. The maximum atomic E-state index is 12.8. The van der Waals surface area contributed by atoms with E-state index in [9.17, 15) is 4.39 Å². The number of halogens is 2. The lowest BCUT2D eigenvalue weighted by Gasteiger charge is -2.18. The summed E-state index contributed by atoms with van der Waals surface area (Å²) >= 11 is 0. The summed E-state index contributed by atoms with van der Waals surface area (Å²) in [6.07, 6.45) is 0. The summed E-state index contributed by atoms with van der Waals surface area (Å²) in [6, 6.07) is 6.20. The molecule has 0 fully saturated rings. The molecule has 0 radical (unpaired) electrons. The Bertz CT molecular complexity index is 325. The van der Waals surface area contributed by atoms with Gasteiger partial charge in [0.2, 0.25) is 0 Å². The van der Waals surface area contributed by atoms with E-state index in [2.05, 4.69) is 26.1 Å². The van der Waals surface area contributed by atoms with Gasteiger partial charge in [0, 0.05) is 19.2 Å². The first-order chi connectivity index (χ1) is 7.47. The van der Waals surface area contributed by atoms with Crippen molar-refractivity contribution in [2.45, 2.75) is 20.8 Å². The highest BCUT2D eigenvalue weighted by Crippen LogP contribution is 2.12. The van der Waals surface area contributed by atoms with E-state index >= 15 is 0 Å². The van der Waals surface area contributed by atoms with Crippen LogP contribution in [0.3, 0.4) is 0 Å². The van der Waals surface area contributed by atoms with Crippen molar-refractivity contribution in [1.82, 2.24) is 5.32 Å². The molecule has 0 amide bonds. The topological polar surface area (TPSA) is 21.3 Å². The number of nitrogens with one attached hydrogen (secondary N) is 1. The molecule has 0 saturated carbocycles. The summed E-state index contributed by atoms with van der Waals surface area (Å²) in [4.78, 5) is 0. The van der Waals surface area contributed by atoms with E-state index < -0.39 is 0 Å². The Morgan fingerprint density at radius 1 is 1.29 bits per heavy atom. The largest absolute Gasteiger partial charge is 0.492 e. The van der Waals surface area contributed by atoms with Gasteiger partial charge in [-0.25, -0.2) is 4.39 Å². The molecule has 4 heteroatoms. The van der Waals surface area contributed by atoms with Crippen LogP contribution in [0, 0.1) is 11.2 Å². The van der Waals surface area contributed by atoms with Gasteiger partial charge in [-0.1, -0.05) is 26.8 Å². The van der Waals surface area contributed by atoms with Crippen molar-refractivity contribution in [2.24, 2.45) is 5.41 Å². The molecule has 0 spiro atoms. The fourth-order valence-corrected chi connectivity index (χ4v) is 1.26. The first-order valence-electron chi connectivity index (χ1n) is 5.56. The summed E-state index contributed by atoms with van der Waals surface area (Å²) < 4.78 is 18.2. The van der Waals surface area contributed by atoms with Crippen molar-refractivity contribution < 1.29 is 9.13 Å². The summed E-state index contributed by atoms with van der Waals surface area (Å²) in [5.74, 6) is 0.317. The Morgan fingerprint density at radius 3 is 2.59 bits per heavy atom. The minimum atomic E-state index is -0.264. The molecular weight excluding hydrogens is 241 g/mol. The molecule has 0 saturated heterocycles. The van der Waals surface area contributed by atoms with Gasteiger partial charge in [0.1, 0.15) is 18.2 Å². The normalized spacial score (nSPS) is 10.8. The Labute approximate surface area is 109 Å². The SMILES string of the molecule is CC(C)(C)CNCCOc1cccc(F)c1.Cl. The number of benzene rings is 1. The molecule has 0 heterocycles. The predicted molar refractivity (Wildman–Crippen MR) is 71.5 cm³/mol. The summed E-state index contributed by atoms with van der Waals surface area (Å²) in [6.45, 7) is 8.79. The fraction of sp³-hybridized carbons (Fsp3) is 0.538. The summed E-state index contributed by atoms with van der Waals surface area (Å²) in [5, 5.41) is 3.29. The van der Waals surface area contributed by atoms with Gasteiger partial charge < -0.3 is 10.1 Å². The van der Waals surface area contributed by atoms with Crippen LogP contribution in [0.2, 0.25) is 0 Å². The predicted octanol–water partition coefficient (Wildman–Crippen LogP) is 3.26. The van der Waals surface area contributed by atoms with Gasteiger partial charge in [-0.3, -0.25) is 0 Å². The Morgan fingerprint density at radius 2 is 2.00 bits per heavy atom. The Balaban J connectivity index is 0.00000256. The van der Waals surface area contributed by atoms with E-state index in [-0.39, 0.29) is 23.6 Å². The van der Waals surface area contributed by atoms with Gasteiger partial charge in [-0.2, -0.15) is 0 Å². The average Bonchev–Trinajstić information content (AvgIpc) is 2.15. The molecule has 1 aromatic rings. The zero-order chi connectivity index (χ0) is 12.0. The van der Waals surface area contributed by atoms with E-state index in [1.165, 1.54) is 12.1 Å². The van der Waals surface area contributed by atoms with Crippen LogP contribution in [0.25, 0.3) is 0 Å². The molecule has 98 valence electrons. The summed E-state index contributed by atoms with van der Waals surface area (Å²) in [7, 11) is 0. The maximum Gasteiger partial charge on any atom is 0.126 e. The van der Waals surface area contributed by atoms with Crippen LogP contribution in [0.1, 0.15) is 20.8 Å². The van der Waals surface area contributed by atoms with Crippen LogP contribution in [-0.2, 0) is 0 Å². The molecule has 0 aliphatic rings. The van der Waals surface area contributed by atoms with Crippen LogP contribution in [0.15, 0.2) is 24.3 Å². The molecule has 2 nitrogen and oxygen atoms in total. The molecular formula is C13H21ClFNO. The molecule has 0 bridgehead atoms. The van der Waals surface area contributed by atoms with Gasteiger partial charge >= 0.3 is 0 Å². The Hall–Kier alpha value is -0.800. The smallest absolute Gasteiger partial charge is 0.126 e. The molecule has 0 aliphatic heterocycles. The highest BCUT2D eigenvalue weighted by molar-refractivity contribution is 5.85. The van der Waals surface area contributed by atoms with E-state index in [1.807, 2.05) is 0 Å². The van der Waals surface area contributed by atoms with E-state index in [4.69, 9.17) is 4.74 Å². The second-order valence-electron chi connectivity index (χ2n) is 5.04. The van der Waals surface area contributed by atoms with Gasteiger partial charge in [0.25, 0.3) is 0 Å². The van der Waals surface area contributed by atoms with Crippen LogP contribution < -0.4 is 10.1 Å². The first kappa shape index (κ1) is 16.2. The van der Waals surface area contributed by atoms with E-state index in [0.717, 1.165) is 13.1 Å². The van der Waals surface area contributed by atoms with Gasteiger partial charge in [0.15, 0.2) is 0 Å². The van der Waals surface area contributed by atoms with Crippen LogP contribution in [-0.4, -0.2) is 19.7 Å².